The Labute approximate surface area is 94.2 Å². The van der Waals surface area contributed by atoms with Crippen LogP contribution in [0.5, 0.6) is 0 Å². The fourth-order valence-electron chi connectivity index (χ4n) is 1.30. The van der Waals surface area contributed by atoms with Crippen LogP contribution in [0.3, 0.4) is 0 Å². The minimum atomic E-state index is -1.05. The lowest BCUT2D eigenvalue weighted by Gasteiger charge is -2.21. The normalized spacial score (nSPS) is 18.7. The van der Waals surface area contributed by atoms with Gasteiger partial charge in [-0.3, -0.25) is 0 Å². The second kappa shape index (κ2) is 4.69. The molecule has 1 atom stereocenters. The Morgan fingerprint density at radius 2 is 2.06 bits per heavy atom. The molecule has 0 saturated heterocycles. The molecule has 1 saturated carbocycles. The average Bonchev–Trinajstić information content (AvgIpc) is 2.95. The van der Waals surface area contributed by atoms with Crippen LogP contribution in [0.1, 0.15) is 26.2 Å². The number of aliphatic carboxylic acids is 1. The molecule has 0 bridgehead atoms. The Hall–Kier alpha value is -1.30. The van der Waals surface area contributed by atoms with Crippen LogP contribution < -0.4 is 5.32 Å². The highest BCUT2D eigenvalue weighted by Crippen LogP contribution is 2.35. The molecule has 92 valence electrons. The smallest absolute Gasteiger partial charge is 0.329 e. The molecule has 1 aliphatic rings. The van der Waals surface area contributed by atoms with Crippen molar-refractivity contribution in [3.05, 3.63) is 0 Å². The Morgan fingerprint density at radius 1 is 1.50 bits per heavy atom. The lowest BCUT2D eigenvalue weighted by atomic mass is 10.2. The van der Waals surface area contributed by atoms with Gasteiger partial charge in [-0.15, -0.1) is 0 Å². The van der Waals surface area contributed by atoms with Gasteiger partial charge in [-0.2, -0.15) is 0 Å². The van der Waals surface area contributed by atoms with Gasteiger partial charge in [0.15, 0.2) is 0 Å². The van der Waals surface area contributed by atoms with E-state index in [4.69, 9.17) is 10.2 Å². The molecule has 2 amide bonds. The van der Waals surface area contributed by atoms with Crippen molar-refractivity contribution in [2.45, 2.75) is 37.8 Å². The number of urea groups is 1. The van der Waals surface area contributed by atoms with Crippen molar-refractivity contribution in [2.75, 3.05) is 13.6 Å². The van der Waals surface area contributed by atoms with Crippen LogP contribution in [0.15, 0.2) is 0 Å². The number of carbonyl (C=O) groups is 2. The summed E-state index contributed by atoms with van der Waals surface area (Å²) in [5, 5.41) is 20.4. The zero-order valence-electron chi connectivity index (χ0n) is 9.56. The van der Waals surface area contributed by atoms with Crippen molar-refractivity contribution < 1.29 is 19.8 Å². The fourth-order valence-corrected chi connectivity index (χ4v) is 1.30. The summed E-state index contributed by atoms with van der Waals surface area (Å²) < 4.78 is 0. The zero-order chi connectivity index (χ0) is 12.3. The lowest BCUT2D eigenvalue weighted by Crippen LogP contribution is -2.48. The third kappa shape index (κ3) is 3.10. The first kappa shape index (κ1) is 12.8. The molecule has 0 aromatic carbocycles. The molecule has 1 unspecified atom stereocenters. The number of hydrogen-bond acceptors (Lipinski definition) is 3. The van der Waals surface area contributed by atoms with Crippen molar-refractivity contribution in [3.63, 3.8) is 0 Å². The number of rotatable bonds is 5. The molecule has 6 nitrogen and oxygen atoms in total. The monoisotopic (exact) mass is 230 g/mol. The Bertz CT molecular complexity index is 287. The van der Waals surface area contributed by atoms with Crippen molar-refractivity contribution in [2.24, 2.45) is 0 Å². The van der Waals surface area contributed by atoms with E-state index in [1.807, 2.05) is 0 Å². The van der Waals surface area contributed by atoms with Crippen LogP contribution >= 0.6 is 0 Å². The van der Waals surface area contributed by atoms with Gasteiger partial charge in [0.2, 0.25) is 0 Å². The first-order chi connectivity index (χ1) is 7.37. The largest absolute Gasteiger partial charge is 0.480 e. The van der Waals surface area contributed by atoms with Gasteiger partial charge in [0, 0.05) is 13.6 Å². The molecule has 0 aromatic heterocycles. The van der Waals surface area contributed by atoms with E-state index >= 15 is 0 Å². The van der Waals surface area contributed by atoms with Crippen LogP contribution in [0, 0.1) is 0 Å². The van der Waals surface area contributed by atoms with E-state index in [0.29, 0.717) is 25.8 Å². The maximum atomic E-state index is 11.6. The summed E-state index contributed by atoms with van der Waals surface area (Å²) in [6.45, 7) is 2.05. The van der Waals surface area contributed by atoms with E-state index in [1.54, 1.807) is 14.0 Å². The number of nitrogens with zero attached hydrogens (tertiary/aromatic N) is 1. The highest BCUT2D eigenvalue weighted by Gasteiger charge is 2.52. The standard InChI is InChI=1S/C10H18N2O4/c1-7(13)3-6-12(2)9(16)11-10(4-5-10)8(14)15/h7,13H,3-6H2,1-2H3,(H,11,16)(H,14,15). The molecule has 1 aliphatic carbocycles. The summed E-state index contributed by atoms with van der Waals surface area (Å²) in [4.78, 5) is 23.8. The first-order valence-corrected chi connectivity index (χ1v) is 5.32. The summed E-state index contributed by atoms with van der Waals surface area (Å²) in [6, 6.07) is -0.402. The number of hydrogen-bond donors (Lipinski definition) is 3. The highest BCUT2D eigenvalue weighted by atomic mass is 16.4. The summed E-state index contributed by atoms with van der Waals surface area (Å²) in [5.74, 6) is -0.982. The third-order valence-corrected chi connectivity index (χ3v) is 2.73. The van der Waals surface area contributed by atoms with Gasteiger partial charge in [-0.05, 0) is 26.2 Å². The maximum Gasteiger partial charge on any atom is 0.329 e. The average molecular weight is 230 g/mol. The molecule has 3 N–H and O–H groups in total. The Morgan fingerprint density at radius 3 is 2.44 bits per heavy atom. The minimum Gasteiger partial charge on any atom is -0.480 e. The van der Waals surface area contributed by atoms with Crippen LogP contribution in [-0.4, -0.2) is 52.3 Å². The van der Waals surface area contributed by atoms with Gasteiger partial charge in [-0.1, -0.05) is 0 Å². The fraction of sp³-hybridized carbons (Fsp3) is 0.800. The van der Waals surface area contributed by atoms with Crippen LogP contribution in [0.25, 0.3) is 0 Å². The molecular weight excluding hydrogens is 212 g/mol. The van der Waals surface area contributed by atoms with Crippen LogP contribution in [0.2, 0.25) is 0 Å². The van der Waals surface area contributed by atoms with E-state index in [0.717, 1.165) is 0 Å². The first-order valence-electron chi connectivity index (χ1n) is 5.32. The number of carboxylic acid groups (broad SMARTS) is 1. The van der Waals surface area contributed by atoms with Gasteiger partial charge in [0.25, 0.3) is 0 Å². The van der Waals surface area contributed by atoms with Crippen molar-refractivity contribution >= 4 is 12.0 Å². The van der Waals surface area contributed by atoms with Crippen molar-refractivity contribution in [1.29, 1.82) is 0 Å². The summed E-state index contributed by atoms with van der Waals surface area (Å²) >= 11 is 0. The second-order valence-electron chi connectivity index (χ2n) is 4.38. The molecule has 0 spiro atoms. The molecular formula is C10H18N2O4. The van der Waals surface area contributed by atoms with Crippen LogP contribution in [0.4, 0.5) is 4.79 Å². The van der Waals surface area contributed by atoms with E-state index in [1.165, 1.54) is 4.90 Å². The van der Waals surface area contributed by atoms with Gasteiger partial charge in [0.05, 0.1) is 6.10 Å². The number of nitrogens with one attached hydrogen (secondary N) is 1. The summed E-state index contributed by atoms with van der Waals surface area (Å²) in [5.41, 5.74) is -1.05. The van der Waals surface area contributed by atoms with Crippen molar-refractivity contribution in [3.8, 4) is 0 Å². The zero-order valence-corrected chi connectivity index (χ0v) is 9.56. The molecule has 6 heteroatoms. The number of carboxylic acids is 1. The molecule has 1 fully saturated rings. The number of aliphatic hydroxyl groups excluding tert-OH is 1. The molecule has 0 aromatic rings. The van der Waals surface area contributed by atoms with E-state index < -0.39 is 23.6 Å². The summed E-state index contributed by atoms with van der Waals surface area (Å²) in [6.07, 6.45) is 0.977. The highest BCUT2D eigenvalue weighted by molar-refractivity contribution is 5.88. The van der Waals surface area contributed by atoms with Gasteiger partial charge in [0.1, 0.15) is 5.54 Å². The summed E-state index contributed by atoms with van der Waals surface area (Å²) in [7, 11) is 1.58. The predicted octanol–water partition coefficient (Wildman–Crippen LogP) is 0.0159. The topological polar surface area (TPSA) is 89.9 Å². The SMILES string of the molecule is CC(O)CCN(C)C(=O)NC1(C(=O)O)CC1. The van der Waals surface area contributed by atoms with E-state index in [-0.39, 0.29) is 0 Å². The molecule has 1 rings (SSSR count). The Kier molecular flexibility index (Phi) is 3.74. The third-order valence-electron chi connectivity index (χ3n) is 2.73. The van der Waals surface area contributed by atoms with Gasteiger partial charge < -0.3 is 20.4 Å². The molecule has 0 aliphatic heterocycles. The number of carbonyl (C=O) groups excluding carboxylic acids is 1. The maximum absolute atomic E-state index is 11.6. The van der Waals surface area contributed by atoms with E-state index in [9.17, 15) is 9.59 Å². The van der Waals surface area contributed by atoms with Crippen molar-refractivity contribution in [1.82, 2.24) is 10.2 Å². The molecule has 16 heavy (non-hydrogen) atoms. The lowest BCUT2D eigenvalue weighted by molar-refractivity contribution is -0.140. The minimum absolute atomic E-state index is 0.402. The van der Waals surface area contributed by atoms with Crippen LogP contribution in [-0.2, 0) is 4.79 Å². The molecule has 0 heterocycles. The number of amides is 2. The predicted molar refractivity (Wildman–Crippen MR) is 57.1 cm³/mol. The Balaban J connectivity index is 2.37. The quantitative estimate of drug-likeness (QED) is 0.621. The second-order valence-corrected chi connectivity index (χ2v) is 4.38. The van der Waals surface area contributed by atoms with E-state index in [2.05, 4.69) is 5.32 Å². The van der Waals surface area contributed by atoms with Gasteiger partial charge in [-0.25, -0.2) is 9.59 Å². The molecule has 0 radical (unpaired) electrons. The van der Waals surface area contributed by atoms with Gasteiger partial charge >= 0.3 is 12.0 Å². The number of aliphatic hydroxyl groups is 1.